The third-order valence-electron chi connectivity index (χ3n) is 8.93. The second-order valence-electron chi connectivity index (χ2n) is 12.2. The third kappa shape index (κ3) is 5.52. The van der Waals surface area contributed by atoms with Crippen molar-refractivity contribution in [1.82, 2.24) is 4.98 Å². The normalized spacial score (nSPS) is 21.8. The molecule has 0 unspecified atom stereocenters. The molecule has 2 atom stereocenters. The first kappa shape index (κ1) is 27.2. The molecule has 1 saturated carbocycles. The molecule has 0 amide bonds. The van der Waals surface area contributed by atoms with Crippen molar-refractivity contribution in [2.75, 3.05) is 7.11 Å². The minimum absolute atomic E-state index is 0.106. The summed E-state index contributed by atoms with van der Waals surface area (Å²) in [5, 5.41) is 9.52. The van der Waals surface area contributed by atoms with E-state index in [9.17, 15) is 9.90 Å². The van der Waals surface area contributed by atoms with Gasteiger partial charge in [0, 0.05) is 17.0 Å². The molecule has 2 aliphatic rings. The van der Waals surface area contributed by atoms with E-state index in [1.165, 1.54) is 18.9 Å². The van der Waals surface area contributed by atoms with Crippen molar-refractivity contribution in [3.8, 4) is 22.8 Å². The van der Waals surface area contributed by atoms with Gasteiger partial charge < -0.3 is 14.6 Å². The second-order valence-corrected chi connectivity index (χ2v) is 12.2. The Balaban J connectivity index is 1.46. The number of ether oxygens (including phenoxy) is 2. The largest absolute Gasteiger partial charge is 0.489 e. The van der Waals surface area contributed by atoms with Crippen molar-refractivity contribution >= 4 is 5.97 Å². The Kier molecular flexibility index (Phi) is 7.41. The maximum atomic E-state index is 15.0. The van der Waals surface area contributed by atoms with E-state index in [0.29, 0.717) is 24.0 Å². The SMILES string of the molecule is COc1cc(-c2ccc(COc3ccc4c(c3)[C@@](C)(CC(=O)O)CCC4)cc2[C@@H]2CCCC2(C)C)c(F)cn1. The summed E-state index contributed by atoms with van der Waals surface area (Å²) in [6.07, 6.45) is 7.48. The summed E-state index contributed by atoms with van der Waals surface area (Å²) in [7, 11) is 1.54. The average molecular weight is 532 g/mol. The first-order chi connectivity index (χ1) is 18.6. The fourth-order valence-corrected chi connectivity index (χ4v) is 6.79. The zero-order chi connectivity index (χ0) is 27.8. The lowest BCUT2D eigenvalue weighted by molar-refractivity contribution is -0.138. The number of carbonyl (C=O) groups is 1. The van der Waals surface area contributed by atoms with Crippen LogP contribution in [0.4, 0.5) is 4.39 Å². The predicted octanol–water partition coefficient (Wildman–Crippen LogP) is 7.84. The van der Waals surface area contributed by atoms with Crippen LogP contribution in [0.25, 0.3) is 11.1 Å². The zero-order valence-corrected chi connectivity index (χ0v) is 23.4. The maximum Gasteiger partial charge on any atom is 0.304 e. The van der Waals surface area contributed by atoms with E-state index >= 15 is 4.39 Å². The van der Waals surface area contributed by atoms with E-state index in [1.54, 1.807) is 6.07 Å². The number of rotatable bonds is 8. The number of methoxy groups -OCH3 is 1. The molecule has 5 rings (SSSR count). The van der Waals surface area contributed by atoms with E-state index in [0.717, 1.165) is 66.5 Å². The number of nitrogens with zero attached hydrogens (tertiary/aromatic N) is 1. The van der Waals surface area contributed by atoms with E-state index in [1.807, 2.05) is 31.2 Å². The van der Waals surface area contributed by atoms with Crippen LogP contribution in [0.1, 0.15) is 87.5 Å². The Morgan fingerprint density at radius 1 is 1.08 bits per heavy atom. The van der Waals surface area contributed by atoms with Gasteiger partial charge in [0.05, 0.1) is 19.7 Å². The number of aryl methyl sites for hydroxylation is 1. The minimum Gasteiger partial charge on any atom is -0.489 e. The molecule has 206 valence electrons. The smallest absolute Gasteiger partial charge is 0.304 e. The molecule has 5 nitrogen and oxygen atoms in total. The van der Waals surface area contributed by atoms with Gasteiger partial charge in [-0.15, -0.1) is 0 Å². The van der Waals surface area contributed by atoms with Gasteiger partial charge in [0.1, 0.15) is 18.2 Å². The Morgan fingerprint density at radius 2 is 1.90 bits per heavy atom. The fourth-order valence-electron chi connectivity index (χ4n) is 6.79. The number of aromatic nitrogens is 1. The number of aliphatic carboxylic acids is 1. The van der Waals surface area contributed by atoms with Gasteiger partial charge in [0.2, 0.25) is 5.88 Å². The van der Waals surface area contributed by atoms with Gasteiger partial charge in [-0.25, -0.2) is 9.37 Å². The number of fused-ring (bicyclic) bond motifs is 1. The molecule has 39 heavy (non-hydrogen) atoms. The molecule has 2 aromatic carbocycles. The Bertz CT molecular complexity index is 1380. The van der Waals surface area contributed by atoms with Crippen molar-refractivity contribution in [2.45, 2.75) is 83.7 Å². The molecule has 6 heteroatoms. The van der Waals surface area contributed by atoms with Crippen LogP contribution in [-0.2, 0) is 23.2 Å². The number of halogens is 1. The average Bonchev–Trinajstić information content (AvgIpc) is 3.26. The van der Waals surface area contributed by atoms with Crippen molar-refractivity contribution < 1.29 is 23.8 Å². The number of pyridine rings is 1. The van der Waals surface area contributed by atoms with Crippen LogP contribution in [0.15, 0.2) is 48.7 Å². The fraction of sp³-hybridized carbons (Fsp3) is 0.455. The van der Waals surface area contributed by atoms with Crippen LogP contribution < -0.4 is 9.47 Å². The standard InChI is InChI=1S/C33H38FNO4/c1-32(2)13-6-8-27(32)25-15-21(9-12-24(25)26-17-30(38-4)35-19-29(26)34)20-39-23-11-10-22-7-5-14-33(3,18-31(36)37)28(22)16-23/h9-12,15-17,19,27H,5-8,13-14,18,20H2,1-4H3,(H,36,37)/t27-,33+/m0/s1. The molecule has 0 spiro atoms. The monoisotopic (exact) mass is 531 g/mol. The maximum absolute atomic E-state index is 15.0. The Morgan fingerprint density at radius 3 is 2.62 bits per heavy atom. The minimum atomic E-state index is -0.776. The molecule has 1 aromatic heterocycles. The van der Waals surface area contributed by atoms with Gasteiger partial charge in [0.15, 0.2) is 0 Å². The van der Waals surface area contributed by atoms with Gasteiger partial charge in [0.25, 0.3) is 0 Å². The van der Waals surface area contributed by atoms with Gasteiger partial charge in [-0.05, 0) is 83.4 Å². The molecule has 0 aliphatic heterocycles. The molecule has 2 aliphatic carbocycles. The van der Waals surface area contributed by atoms with Crippen LogP contribution in [0.2, 0.25) is 0 Å². The zero-order valence-electron chi connectivity index (χ0n) is 23.4. The molecule has 1 heterocycles. The summed E-state index contributed by atoms with van der Waals surface area (Å²) in [5.41, 5.74) is 5.53. The van der Waals surface area contributed by atoms with Crippen LogP contribution in [0, 0.1) is 11.2 Å². The van der Waals surface area contributed by atoms with E-state index in [4.69, 9.17) is 9.47 Å². The van der Waals surface area contributed by atoms with E-state index in [2.05, 4.69) is 31.0 Å². The number of hydrogen-bond donors (Lipinski definition) is 1. The highest BCUT2D eigenvalue weighted by atomic mass is 19.1. The van der Waals surface area contributed by atoms with Gasteiger partial charge in [-0.1, -0.05) is 51.5 Å². The van der Waals surface area contributed by atoms with Crippen LogP contribution in [-0.4, -0.2) is 23.2 Å². The first-order valence-corrected chi connectivity index (χ1v) is 13.9. The lowest BCUT2D eigenvalue weighted by Gasteiger charge is -2.35. The lowest BCUT2D eigenvalue weighted by atomic mass is 9.69. The topological polar surface area (TPSA) is 68.7 Å². The number of benzene rings is 2. The van der Waals surface area contributed by atoms with Crippen molar-refractivity contribution in [3.05, 3.63) is 76.7 Å². The van der Waals surface area contributed by atoms with Crippen LogP contribution in [0.5, 0.6) is 11.6 Å². The van der Waals surface area contributed by atoms with Gasteiger partial charge in [-0.3, -0.25) is 4.79 Å². The number of carboxylic acids is 1. The molecular formula is C33H38FNO4. The predicted molar refractivity (Wildman–Crippen MR) is 150 cm³/mol. The highest BCUT2D eigenvalue weighted by Crippen LogP contribution is 2.51. The first-order valence-electron chi connectivity index (χ1n) is 13.9. The Hall–Kier alpha value is -3.41. The molecule has 3 aromatic rings. The molecule has 0 bridgehead atoms. The van der Waals surface area contributed by atoms with Crippen molar-refractivity contribution in [1.29, 1.82) is 0 Å². The molecular weight excluding hydrogens is 493 g/mol. The lowest BCUT2D eigenvalue weighted by Crippen LogP contribution is -2.30. The summed E-state index contributed by atoms with van der Waals surface area (Å²) in [6, 6.07) is 13.9. The highest BCUT2D eigenvalue weighted by Gasteiger charge is 2.37. The van der Waals surface area contributed by atoms with Crippen molar-refractivity contribution in [2.24, 2.45) is 5.41 Å². The van der Waals surface area contributed by atoms with Crippen LogP contribution >= 0.6 is 0 Å². The molecule has 1 fully saturated rings. The highest BCUT2D eigenvalue weighted by molar-refractivity contribution is 5.71. The summed E-state index contributed by atoms with van der Waals surface area (Å²) in [5.74, 6) is 0.283. The third-order valence-corrected chi connectivity index (χ3v) is 8.93. The summed E-state index contributed by atoms with van der Waals surface area (Å²) >= 11 is 0. The van der Waals surface area contributed by atoms with Gasteiger partial charge >= 0.3 is 5.97 Å². The quantitative estimate of drug-likeness (QED) is 0.321. The second kappa shape index (κ2) is 10.6. The van der Waals surface area contributed by atoms with E-state index in [-0.39, 0.29) is 17.7 Å². The van der Waals surface area contributed by atoms with E-state index < -0.39 is 11.4 Å². The summed E-state index contributed by atoms with van der Waals surface area (Å²) in [4.78, 5) is 15.6. The Labute approximate surface area is 230 Å². The number of carboxylic acid groups (broad SMARTS) is 1. The summed E-state index contributed by atoms with van der Waals surface area (Å²) < 4.78 is 26.6. The number of hydrogen-bond acceptors (Lipinski definition) is 4. The van der Waals surface area contributed by atoms with Crippen molar-refractivity contribution in [3.63, 3.8) is 0 Å². The molecule has 0 saturated heterocycles. The molecule has 0 radical (unpaired) electrons. The van der Waals surface area contributed by atoms with Crippen LogP contribution in [0.3, 0.4) is 0 Å². The summed E-state index contributed by atoms with van der Waals surface area (Å²) in [6.45, 7) is 7.01. The molecule has 1 N–H and O–H groups in total. The van der Waals surface area contributed by atoms with Gasteiger partial charge in [-0.2, -0.15) is 0 Å².